The lowest BCUT2D eigenvalue weighted by Gasteiger charge is -2.33. The minimum atomic E-state index is 0.0503. The number of hydrogen-bond acceptors (Lipinski definition) is 3. The van der Waals surface area contributed by atoms with Crippen LogP contribution in [0.3, 0.4) is 0 Å². The summed E-state index contributed by atoms with van der Waals surface area (Å²) < 4.78 is 2.71. The van der Waals surface area contributed by atoms with Crippen molar-refractivity contribution < 1.29 is 4.79 Å². The lowest BCUT2D eigenvalue weighted by atomic mass is 9.91. The predicted octanol–water partition coefficient (Wildman–Crippen LogP) is 2.83. The zero-order chi connectivity index (χ0) is 16.4. The molecule has 0 bridgehead atoms. The zero-order valence-corrected chi connectivity index (χ0v) is 14.7. The molecule has 1 amide bonds. The van der Waals surface area contributed by atoms with Crippen LogP contribution in [0.4, 0.5) is 0 Å². The predicted molar refractivity (Wildman–Crippen MR) is 93.5 cm³/mol. The van der Waals surface area contributed by atoms with E-state index in [1.807, 2.05) is 36.1 Å². The van der Waals surface area contributed by atoms with E-state index in [0.717, 1.165) is 36.1 Å². The summed E-state index contributed by atoms with van der Waals surface area (Å²) in [4.78, 5) is 14.5. The molecule has 0 spiro atoms. The van der Waals surface area contributed by atoms with Gasteiger partial charge in [0, 0.05) is 29.8 Å². The number of hydrogen-bond donors (Lipinski definition) is 1. The first-order valence-electron chi connectivity index (χ1n) is 7.90. The third-order valence-electron chi connectivity index (χ3n) is 4.47. The smallest absolute Gasteiger partial charge is 0.257 e. The Bertz CT molecular complexity index is 689. The number of piperidine rings is 1. The van der Waals surface area contributed by atoms with Crippen LogP contribution in [0.15, 0.2) is 41.1 Å². The van der Waals surface area contributed by atoms with Gasteiger partial charge >= 0.3 is 0 Å². The van der Waals surface area contributed by atoms with E-state index < -0.39 is 0 Å². The Balaban J connectivity index is 1.70. The van der Waals surface area contributed by atoms with Gasteiger partial charge in [-0.05, 0) is 43.9 Å². The number of benzene rings is 1. The molecule has 1 aliphatic rings. The summed E-state index contributed by atoms with van der Waals surface area (Å²) in [5.74, 6) is 0.567. The highest BCUT2D eigenvalue weighted by Gasteiger charge is 2.26. The summed E-state index contributed by atoms with van der Waals surface area (Å²) in [5, 5.41) is 4.31. The number of carbonyl (C=O) groups excluding carboxylic acids is 1. The topological polar surface area (TPSA) is 64.2 Å². The molecule has 1 fully saturated rings. The summed E-state index contributed by atoms with van der Waals surface area (Å²) in [7, 11) is 0. The molecular formula is C17H21BrN4O. The molecule has 2 heterocycles. The molecule has 1 aromatic carbocycles. The summed E-state index contributed by atoms with van der Waals surface area (Å²) in [6, 6.07) is 8.03. The molecule has 2 N–H and O–H groups in total. The second-order valence-electron chi connectivity index (χ2n) is 6.14. The largest absolute Gasteiger partial charge is 0.339 e. The van der Waals surface area contributed by atoms with E-state index in [9.17, 15) is 4.79 Å². The van der Waals surface area contributed by atoms with Crippen molar-refractivity contribution in [2.45, 2.75) is 25.8 Å². The van der Waals surface area contributed by atoms with Gasteiger partial charge in [0.05, 0.1) is 17.4 Å². The second-order valence-corrected chi connectivity index (χ2v) is 7.06. The Morgan fingerprint density at radius 1 is 1.39 bits per heavy atom. The van der Waals surface area contributed by atoms with Crippen molar-refractivity contribution in [1.29, 1.82) is 0 Å². The molecule has 0 aliphatic carbocycles. The highest BCUT2D eigenvalue weighted by Crippen LogP contribution is 2.21. The molecule has 1 saturated heterocycles. The van der Waals surface area contributed by atoms with Crippen molar-refractivity contribution in [3.63, 3.8) is 0 Å². The van der Waals surface area contributed by atoms with E-state index in [1.165, 1.54) is 0 Å². The van der Waals surface area contributed by atoms with Crippen molar-refractivity contribution in [3.05, 3.63) is 46.7 Å². The molecule has 1 unspecified atom stereocenters. The third-order valence-corrected chi connectivity index (χ3v) is 4.97. The first kappa shape index (κ1) is 16.2. The maximum absolute atomic E-state index is 12.6. The van der Waals surface area contributed by atoms with Gasteiger partial charge < -0.3 is 10.6 Å². The number of nitrogens with zero attached hydrogens (tertiary/aromatic N) is 3. The van der Waals surface area contributed by atoms with E-state index in [2.05, 4.69) is 21.0 Å². The molecule has 23 heavy (non-hydrogen) atoms. The van der Waals surface area contributed by atoms with Gasteiger partial charge in [0.2, 0.25) is 0 Å². The first-order valence-corrected chi connectivity index (χ1v) is 8.69. The minimum absolute atomic E-state index is 0.0503. The first-order chi connectivity index (χ1) is 11.0. The van der Waals surface area contributed by atoms with E-state index >= 15 is 0 Å². The van der Waals surface area contributed by atoms with Crippen LogP contribution in [-0.4, -0.2) is 39.7 Å². The lowest BCUT2D eigenvalue weighted by Crippen LogP contribution is -2.42. The molecule has 1 atom stereocenters. The number of likely N-dealkylation sites (tertiary alicyclic amines) is 1. The van der Waals surface area contributed by atoms with Crippen LogP contribution in [-0.2, 0) is 0 Å². The van der Waals surface area contributed by atoms with Gasteiger partial charge in [0.25, 0.3) is 5.91 Å². The lowest BCUT2D eigenvalue weighted by molar-refractivity contribution is 0.0681. The fraction of sp³-hybridized carbons (Fsp3) is 0.412. The summed E-state index contributed by atoms with van der Waals surface area (Å²) >= 11 is 3.45. The molecule has 0 radical (unpaired) electrons. The summed E-state index contributed by atoms with van der Waals surface area (Å²) in [5.41, 5.74) is 7.51. The third kappa shape index (κ3) is 3.64. The van der Waals surface area contributed by atoms with Crippen LogP contribution in [0.1, 0.15) is 30.1 Å². The monoisotopic (exact) mass is 376 g/mol. The Labute approximate surface area is 144 Å². The van der Waals surface area contributed by atoms with Crippen LogP contribution < -0.4 is 5.73 Å². The average Bonchev–Trinajstić information content (AvgIpc) is 3.04. The number of nitrogens with two attached hydrogens (primary N) is 1. The van der Waals surface area contributed by atoms with Gasteiger partial charge in [-0.1, -0.05) is 22.0 Å². The van der Waals surface area contributed by atoms with Gasteiger partial charge in [-0.25, -0.2) is 4.68 Å². The summed E-state index contributed by atoms with van der Waals surface area (Å²) in [6.45, 7) is 3.59. The molecular weight excluding hydrogens is 356 g/mol. The SMILES string of the molecule is CC(N)C1CCN(C(=O)c2cnn(-c3cccc(Br)c3)c2)CC1. The standard InChI is InChI=1S/C17H21BrN4O/c1-12(19)13-5-7-21(8-6-13)17(23)14-10-20-22(11-14)16-4-2-3-15(18)9-16/h2-4,9-13H,5-8,19H2,1H3. The fourth-order valence-corrected chi connectivity index (χ4v) is 3.39. The fourth-order valence-electron chi connectivity index (χ4n) is 3.00. The van der Waals surface area contributed by atoms with E-state index in [-0.39, 0.29) is 11.9 Å². The van der Waals surface area contributed by atoms with E-state index in [1.54, 1.807) is 17.1 Å². The van der Waals surface area contributed by atoms with Crippen molar-refractivity contribution >= 4 is 21.8 Å². The average molecular weight is 377 g/mol. The van der Waals surface area contributed by atoms with Crippen LogP contribution in [0.5, 0.6) is 0 Å². The molecule has 5 nitrogen and oxygen atoms in total. The number of halogens is 1. The van der Waals surface area contributed by atoms with E-state index in [0.29, 0.717) is 11.5 Å². The van der Waals surface area contributed by atoms with Gasteiger partial charge in [0.1, 0.15) is 0 Å². The molecule has 6 heteroatoms. The molecule has 0 saturated carbocycles. The number of aromatic nitrogens is 2. The van der Waals surface area contributed by atoms with Crippen molar-refractivity contribution in [1.82, 2.24) is 14.7 Å². The Morgan fingerprint density at radius 2 is 2.13 bits per heavy atom. The van der Waals surface area contributed by atoms with Crippen molar-refractivity contribution in [2.75, 3.05) is 13.1 Å². The number of carbonyl (C=O) groups is 1. The van der Waals surface area contributed by atoms with Crippen LogP contribution in [0.2, 0.25) is 0 Å². The maximum Gasteiger partial charge on any atom is 0.257 e. The summed E-state index contributed by atoms with van der Waals surface area (Å²) in [6.07, 6.45) is 5.38. The van der Waals surface area contributed by atoms with Crippen molar-refractivity contribution in [3.8, 4) is 5.69 Å². The molecule has 122 valence electrons. The zero-order valence-electron chi connectivity index (χ0n) is 13.2. The molecule has 1 aromatic heterocycles. The molecule has 3 rings (SSSR count). The number of rotatable bonds is 3. The molecule has 2 aromatic rings. The maximum atomic E-state index is 12.6. The normalized spacial score (nSPS) is 17.3. The highest BCUT2D eigenvalue weighted by molar-refractivity contribution is 9.10. The Hall–Kier alpha value is -1.66. The van der Waals surface area contributed by atoms with Crippen molar-refractivity contribution in [2.24, 2.45) is 11.7 Å². The van der Waals surface area contributed by atoms with Gasteiger partial charge in [-0.3, -0.25) is 4.79 Å². The van der Waals surface area contributed by atoms with E-state index in [4.69, 9.17) is 5.73 Å². The second kappa shape index (κ2) is 6.84. The minimum Gasteiger partial charge on any atom is -0.339 e. The van der Waals surface area contributed by atoms with Crippen LogP contribution in [0.25, 0.3) is 5.69 Å². The van der Waals surface area contributed by atoms with Crippen LogP contribution in [0, 0.1) is 5.92 Å². The number of amides is 1. The van der Waals surface area contributed by atoms with Gasteiger partial charge in [-0.15, -0.1) is 0 Å². The molecule has 1 aliphatic heterocycles. The van der Waals surface area contributed by atoms with Gasteiger partial charge in [-0.2, -0.15) is 5.10 Å². The van der Waals surface area contributed by atoms with Gasteiger partial charge in [0.15, 0.2) is 0 Å². The Morgan fingerprint density at radius 3 is 2.78 bits per heavy atom. The Kier molecular flexibility index (Phi) is 4.82. The quantitative estimate of drug-likeness (QED) is 0.895. The van der Waals surface area contributed by atoms with Crippen LogP contribution >= 0.6 is 15.9 Å². The highest BCUT2D eigenvalue weighted by atomic mass is 79.9.